The minimum atomic E-state index is -0.497. The molecule has 7 heteroatoms. The van der Waals surface area contributed by atoms with E-state index < -0.39 is 5.97 Å². The van der Waals surface area contributed by atoms with Crippen LogP contribution in [0.3, 0.4) is 0 Å². The molecule has 1 aromatic carbocycles. The number of hydrogen-bond acceptors (Lipinski definition) is 7. The highest BCUT2D eigenvalue weighted by atomic mass is 32.1. The summed E-state index contributed by atoms with van der Waals surface area (Å²) in [6, 6.07) is 9.35. The average Bonchev–Trinajstić information content (AvgIpc) is 3.23. The van der Waals surface area contributed by atoms with Crippen molar-refractivity contribution in [3.63, 3.8) is 0 Å². The maximum atomic E-state index is 11.7. The molecule has 0 aliphatic carbocycles. The fourth-order valence-corrected chi connectivity index (χ4v) is 2.50. The molecule has 0 spiro atoms. The molecule has 0 radical (unpaired) electrons. The number of aromatic nitrogens is 2. The van der Waals surface area contributed by atoms with Crippen molar-refractivity contribution in [3.05, 3.63) is 52.5 Å². The van der Waals surface area contributed by atoms with Crippen molar-refractivity contribution < 1.29 is 18.8 Å². The molecule has 0 saturated heterocycles. The molecule has 0 aliphatic heterocycles. The summed E-state index contributed by atoms with van der Waals surface area (Å²) in [5.74, 6) is 0.884. The van der Waals surface area contributed by atoms with Crippen molar-refractivity contribution in [2.45, 2.75) is 13.5 Å². The zero-order valence-corrected chi connectivity index (χ0v) is 13.2. The van der Waals surface area contributed by atoms with Gasteiger partial charge in [0, 0.05) is 10.9 Å². The van der Waals surface area contributed by atoms with Crippen molar-refractivity contribution in [2.75, 3.05) is 6.61 Å². The predicted octanol–water partition coefficient (Wildman–Crippen LogP) is 3.23. The number of carbonyl (C=O) groups excluding carboxylic acids is 1. The van der Waals surface area contributed by atoms with Crippen LogP contribution in [0.25, 0.3) is 11.4 Å². The number of rotatable bonds is 6. The number of benzene rings is 1. The number of thiophene rings is 1. The van der Waals surface area contributed by atoms with Gasteiger partial charge in [-0.2, -0.15) is 16.3 Å². The third-order valence-corrected chi connectivity index (χ3v) is 3.73. The third-order valence-electron chi connectivity index (χ3n) is 3.04. The Morgan fingerprint density at radius 1 is 1.30 bits per heavy atom. The quantitative estimate of drug-likeness (QED) is 0.646. The summed E-state index contributed by atoms with van der Waals surface area (Å²) in [4.78, 5) is 15.9. The van der Waals surface area contributed by atoms with Gasteiger partial charge in [0.05, 0.1) is 0 Å². The highest BCUT2D eigenvalue weighted by Gasteiger charge is 2.12. The maximum Gasteiger partial charge on any atom is 0.344 e. The van der Waals surface area contributed by atoms with Gasteiger partial charge in [-0.05, 0) is 30.0 Å². The van der Waals surface area contributed by atoms with Gasteiger partial charge in [-0.1, -0.05) is 23.4 Å². The SMILES string of the molecule is Cc1ccccc1OCC(=O)OCc1nc(-c2ccsc2)no1. The predicted molar refractivity (Wildman–Crippen MR) is 84.1 cm³/mol. The molecule has 0 atom stereocenters. The van der Waals surface area contributed by atoms with Crippen LogP contribution < -0.4 is 4.74 Å². The lowest BCUT2D eigenvalue weighted by Crippen LogP contribution is -2.15. The second-order valence-electron chi connectivity index (χ2n) is 4.74. The smallest absolute Gasteiger partial charge is 0.344 e. The summed E-state index contributed by atoms with van der Waals surface area (Å²) in [6.07, 6.45) is 0. The average molecular weight is 330 g/mol. The van der Waals surface area contributed by atoms with Crippen LogP contribution in [-0.4, -0.2) is 22.7 Å². The molecule has 3 aromatic rings. The van der Waals surface area contributed by atoms with Crippen LogP contribution in [0.2, 0.25) is 0 Å². The number of nitrogens with zero attached hydrogens (tertiary/aromatic N) is 2. The van der Waals surface area contributed by atoms with E-state index in [1.165, 1.54) is 0 Å². The molecule has 0 N–H and O–H groups in total. The van der Waals surface area contributed by atoms with Gasteiger partial charge in [0.25, 0.3) is 5.89 Å². The summed E-state index contributed by atoms with van der Waals surface area (Å²) in [6.45, 7) is 1.66. The van der Waals surface area contributed by atoms with Crippen LogP contribution in [-0.2, 0) is 16.1 Å². The Morgan fingerprint density at radius 2 is 2.17 bits per heavy atom. The standard InChI is InChI=1S/C16H14N2O4S/c1-11-4-2-3-5-13(11)20-9-15(19)21-8-14-17-16(18-22-14)12-6-7-23-10-12/h2-7,10H,8-9H2,1H3. The van der Waals surface area contributed by atoms with Crippen molar-refractivity contribution in [1.29, 1.82) is 0 Å². The van der Waals surface area contributed by atoms with Crippen LogP contribution in [0.15, 0.2) is 45.6 Å². The molecule has 2 heterocycles. The number of carbonyl (C=O) groups is 1. The maximum absolute atomic E-state index is 11.7. The fraction of sp³-hybridized carbons (Fsp3) is 0.188. The molecule has 0 bridgehead atoms. The first kappa shape index (κ1) is 15.2. The topological polar surface area (TPSA) is 74.5 Å². The van der Waals surface area contributed by atoms with Gasteiger partial charge in [0.1, 0.15) is 5.75 Å². The van der Waals surface area contributed by atoms with Crippen molar-refractivity contribution in [2.24, 2.45) is 0 Å². The third kappa shape index (κ3) is 3.95. The van der Waals surface area contributed by atoms with E-state index in [-0.39, 0.29) is 19.1 Å². The Morgan fingerprint density at radius 3 is 2.96 bits per heavy atom. The van der Waals surface area contributed by atoms with Crippen LogP contribution in [0.5, 0.6) is 5.75 Å². The first-order valence-corrected chi connectivity index (χ1v) is 7.86. The normalized spacial score (nSPS) is 10.5. The van der Waals surface area contributed by atoms with Gasteiger partial charge in [-0.3, -0.25) is 0 Å². The zero-order valence-electron chi connectivity index (χ0n) is 12.4. The monoisotopic (exact) mass is 330 g/mol. The molecule has 3 rings (SSSR count). The second-order valence-corrected chi connectivity index (χ2v) is 5.52. The molecular weight excluding hydrogens is 316 g/mol. The van der Waals surface area contributed by atoms with Crippen molar-refractivity contribution in [1.82, 2.24) is 10.1 Å². The number of esters is 1. The molecule has 0 unspecified atom stereocenters. The van der Waals surface area contributed by atoms with E-state index >= 15 is 0 Å². The minimum Gasteiger partial charge on any atom is -0.482 e. The lowest BCUT2D eigenvalue weighted by atomic mass is 10.2. The lowest BCUT2D eigenvalue weighted by molar-refractivity contribution is -0.148. The Hall–Kier alpha value is -2.67. The van der Waals surface area contributed by atoms with Crippen LogP contribution in [0.4, 0.5) is 0 Å². The molecule has 0 aliphatic rings. The van der Waals surface area contributed by atoms with E-state index in [0.29, 0.717) is 11.6 Å². The number of aryl methyl sites for hydroxylation is 1. The minimum absolute atomic E-state index is 0.0763. The first-order valence-electron chi connectivity index (χ1n) is 6.91. The van der Waals surface area contributed by atoms with E-state index in [2.05, 4.69) is 10.1 Å². The molecule has 118 valence electrons. The Labute approximate surface area is 136 Å². The van der Waals surface area contributed by atoms with Gasteiger partial charge in [0.2, 0.25) is 5.82 Å². The Bertz CT molecular complexity index is 783. The zero-order chi connectivity index (χ0) is 16.1. The molecule has 0 amide bonds. The highest BCUT2D eigenvalue weighted by molar-refractivity contribution is 7.08. The summed E-state index contributed by atoms with van der Waals surface area (Å²) >= 11 is 1.54. The fourth-order valence-electron chi connectivity index (χ4n) is 1.86. The Balaban J connectivity index is 1.49. The van der Waals surface area contributed by atoms with Crippen LogP contribution in [0, 0.1) is 6.92 Å². The van der Waals surface area contributed by atoms with Crippen LogP contribution in [0.1, 0.15) is 11.5 Å². The summed E-state index contributed by atoms with van der Waals surface area (Å²) in [5, 5.41) is 7.68. The molecule has 6 nitrogen and oxygen atoms in total. The van der Waals surface area contributed by atoms with E-state index in [1.54, 1.807) is 17.4 Å². The van der Waals surface area contributed by atoms with E-state index in [4.69, 9.17) is 14.0 Å². The van der Waals surface area contributed by atoms with Gasteiger partial charge >= 0.3 is 5.97 Å². The highest BCUT2D eigenvalue weighted by Crippen LogP contribution is 2.19. The first-order chi connectivity index (χ1) is 11.2. The van der Waals surface area contributed by atoms with Gasteiger partial charge in [-0.15, -0.1) is 0 Å². The van der Waals surface area contributed by atoms with Crippen molar-refractivity contribution >= 4 is 17.3 Å². The van der Waals surface area contributed by atoms with E-state index in [9.17, 15) is 4.79 Å². The summed E-state index contributed by atoms with van der Waals surface area (Å²) in [5.41, 5.74) is 1.83. The largest absolute Gasteiger partial charge is 0.482 e. The number of para-hydroxylation sites is 1. The second kappa shape index (κ2) is 7.06. The number of ether oxygens (including phenoxy) is 2. The summed E-state index contributed by atoms with van der Waals surface area (Å²) in [7, 11) is 0. The molecular formula is C16H14N2O4S. The summed E-state index contributed by atoms with van der Waals surface area (Å²) < 4.78 is 15.5. The van der Waals surface area contributed by atoms with Crippen LogP contribution >= 0.6 is 11.3 Å². The lowest BCUT2D eigenvalue weighted by Gasteiger charge is -2.07. The van der Waals surface area contributed by atoms with Gasteiger partial charge in [-0.25, -0.2) is 4.79 Å². The van der Waals surface area contributed by atoms with Gasteiger partial charge < -0.3 is 14.0 Å². The Kier molecular flexibility index (Phi) is 4.68. The van der Waals surface area contributed by atoms with Gasteiger partial charge in [0.15, 0.2) is 13.2 Å². The molecule has 0 fully saturated rings. The van der Waals surface area contributed by atoms with E-state index in [0.717, 1.165) is 11.1 Å². The molecule has 0 saturated carbocycles. The molecule has 2 aromatic heterocycles. The number of hydrogen-bond donors (Lipinski definition) is 0. The molecule has 23 heavy (non-hydrogen) atoms. The van der Waals surface area contributed by atoms with Crippen molar-refractivity contribution in [3.8, 4) is 17.1 Å². The van der Waals surface area contributed by atoms with E-state index in [1.807, 2.05) is 41.9 Å².